The van der Waals surface area contributed by atoms with Crippen molar-refractivity contribution in [3.05, 3.63) is 77.9 Å². The van der Waals surface area contributed by atoms with Crippen LogP contribution >= 0.6 is 0 Å². The first-order chi connectivity index (χ1) is 14.0. The molecule has 3 aromatic rings. The molecule has 0 aliphatic carbocycles. The summed E-state index contributed by atoms with van der Waals surface area (Å²) in [6.45, 7) is 0. The van der Waals surface area contributed by atoms with Gasteiger partial charge in [0.2, 0.25) is 17.9 Å². The van der Waals surface area contributed by atoms with Crippen molar-refractivity contribution in [2.24, 2.45) is 0 Å². The van der Waals surface area contributed by atoms with Crippen LogP contribution in [0.25, 0.3) is 0 Å². The zero-order valence-electron chi connectivity index (χ0n) is 15.9. The van der Waals surface area contributed by atoms with Crippen LogP contribution in [-0.4, -0.2) is 46.5 Å². The fraction of sp³-hybridized carbons (Fsp3) is 0.190. The van der Waals surface area contributed by atoms with Gasteiger partial charge in [0.05, 0.1) is 13.2 Å². The molecule has 0 spiro atoms. The molecule has 2 aromatic carbocycles. The van der Waals surface area contributed by atoms with Gasteiger partial charge in [-0.25, -0.2) is 4.79 Å². The number of nitrogens with zero attached hydrogens (tertiary/aromatic N) is 2. The number of hydrogen-bond donors (Lipinski definition) is 2. The van der Waals surface area contributed by atoms with E-state index < -0.39 is 23.6 Å². The minimum atomic E-state index is -1.58. The highest BCUT2D eigenvalue weighted by atomic mass is 16.6. The number of aliphatic carboxylic acids is 1. The number of hydrogen-bond acceptors (Lipinski definition) is 7. The standard InChI is InChI=1S/C21H20N2O6/c1-27-17-13-16(24)22-20(23-17)29-18(19(25)26)21(28-2,14-9-5-3-6-10-14)15-11-7-4-8-12-15/h3-13,18H,1-2H3,(H,25,26)(H,22,23,24)/t18-/m1/s1. The van der Waals surface area contributed by atoms with Gasteiger partial charge in [-0.15, -0.1) is 0 Å². The normalized spacial score (nSPS) is 12.2. The molecule has 1 atom stereocenters. The zero-order chi connectivity index (χ0) is 20.9. The van der Waals surface area contributed by atoms with Crippen LogP contribution in [0.5, 0.6) is 17.8 Å². The first kappa shape index (κ1) is 20.1. The van der Waals surface area contributed by atoms with Crippen molar-refractivity contribution in [1.29, 1.82) is 0 Å². The van der Waals surface area contributed by atoms with Gasteiger partial charge in [-0.1, -0.05) is 60.7 Å². The molecule has 29 heavy (non-hydrogen) atoms. The number of ether oxygens (including phenoxy) is 3. The van der Waals surface area contributed by atoms with E-state index in [9.17, 15) is 15.0 Å². The highest BCUT2D eigenvalue weighted by Gasteiger charge is 2.49. The lowest BCUT2D eigenvalue weighted by molar-refractivity contribution is -0.160. The Kier molecular flexibility index (Phi) is 5.94. The Hall–Kier alpha value is -3.65. The molecule has 2 N–H and O–H groups in total. The molecule has 150 valence electrons. The SMILES string of the molecule is COc1cc(O)nc(O[C@H](C(=O)O)C(OC)(c2ccccc2)c2ccccc2)n1. The van der Waals surface area contributed by atoms with Gasteiger partial charge in [-0.2, -0.15) is 9.97 Å². The van der Waals surface area contributed by atoms with Crippen molar-refractivity contribution in [2.45, 2.75) is 11.7 Å². The third-order valence-corrected chi connectivity index (χ3v) is 4.42. The molecule has 0 fully saturated rings. The number of carboxylic acid groups (broad SMARTS) is 1. The Labute approximate surface area is 167 Å². The maximum atomic E-state index is 12.3. The summed E-state index contributed by atoms with van der Waals surface area (Å²) in [5.41, 5.74) is -0.391. The molecular formula is C21H20N2O6. The molecular weight excluding hydrogens is 376 g/mol. The van der Waals surface area contributed by atoms with E-state index >= 15 is 0 Å². The van der Waals surface area contributed by atoms with Crippen molar-refractivity contribution in [3.8, 4) is 17.8 Å². The van der Waals surface area contributed by atoms with Crippen molar-refractivity contribution in [3.63, 3.8) is 0 Å². The van der Waals surface area contributed by atoms with Gasteiger partial charge >= 0.3 is 12.0 Å². The summed E-state index contributed by atoms with van der Waals surface area (Å²) in [6.07, 6.45) is -1.58. The number of aromatic nitrogens is 2. The third-order valence-electron chi connectivity index (χ3n) is 4.42. The molecule has 0 bridgehead atoms. The second-order valence-corrected chi connectivity index (χ2v) is 6.06. The Morgan fingerprint density at radius 3 is 1.97 bits per heavy atom. The van der Waals surface area contributed by atoms with Gasteiger partial charge in [-0.3, -0.25) is 0 Å². The maximum Gasteiger partial charge on any atom is 0.348 e. The predicted molar refractivity (Wildman–Crippen MR) is 103 cm³/mol. The smallest absolute Gasteiger partial charge is 0.348 e. The number of carbonyl (C=O) groups is 1. The lowest BCUT2D eigenvalue weighted by Gasteiger charge is -2.37. The van der Waals surface area contributed by atoms with Gasteiger partial charge < -0.3 is 24.4 Å². The van der Waals surface area contributed by atoms with Crippen LogP contribution in [0.3, 0.4) is 0 Å². The van der Waals surface area contributed by atoms with Gasteiger partial charge in [0.1, 0.15) is 0 Å². The summed E-state index contributed by atoms with van der Waals surface area (Å²) in [6, 6.07) is 18.6. The van der Waals surface area contributed by atoms with E-state index in [1.54, 1.807) is 48.5 Å². The van der Waals surface area contributed by atoms with E-state index in [0.717, 1.165) is 0 Å². The number of rotatable bonds is 8. The first-order valence-corrected chi connectivity index (χ1v) is 8.69. The molecule has 8 nitrogen and oxygen atoms in total. The van der Waals surface area contributed by atoms with Crippen molar-refractivity contribution >= 4 is 5.97 Å². The van der Waals surface area contributed by atoms with E-state index in [4.69, 9.17) is 14.2 Å². The molecule has 0 unspecified atom stereocenters. The molecule has 0 radical (unpaired) electrons. The van der Waals surface area contributed by atoms with Crippen LogP contribution in [0, 0.1) is 0 Å². The van der Waals surface area contributed by atoms with Crippen LogP contribution in [0.15, 0.2) is 66.7 Å². The molecule has 0 saturated heterocycles. The van der Waals surface area contributed by atoms with Crippen molar-refractivity contribution < 1.29 is 29.2 Å². The van der Waals surface area contributed by atoms with E-state index in [-0.39, 0.29) is 11.9 Å². The third kappa shape index (κ3) is 3.97. The second-order valence-electron chi connectivity index (χ2n) is 6.06. The predicted octanol–water partition coefficient (Wildman–Crippen LogP) is 2.61. The Bertz CT molecular complexity index is 926. The highest BCUT2D eigenvalue weighted by molar-refractivity contribution is 5.76. The molecule has 0 saturated carbocycles. The lowest BCUT2D eigenvalue weighted by atomic mass is 9.81. The minimum absolute atomic E-state index is 0.0269. The molecule has 0 amide bonds. The lowest BCUT2D eigenvalue weighted by Crippen LogP contribution is -2.50. The van der Waals surface area contributed by atoms with Gasteiger partial charge in [0, 0.05) is 7.11 Å². The number of methoxy groups -OCH3 is 2. The molecule has 3 rings (SSSR count). The van der Waals surface area contributed by atoms with E-state index in [1.807, 2.05) is 12.1 Å². The molecule has 1 aromatic heterocycles. The quantitative estimate of drug-likeness (QED) is 0.598. The van der Waals surface area contributed by atoms with Crippen molar-refractivity contribution in [2.75, 3.05) is 14.2 Å². The van der Waals surface area contributed by atoms with E-state index in [1.165, 1.54) is 20.3 Å². The average Bonchev–Trinajstić information content (AvgIpc) is 2.75. The van der Waals surface area contributed by atoms with E-state index in [0.29, 0.717) is 11.1 Å². The molecule has 8 heteroatoms. The largest absolute Gasteiger partial charge is 0.493 e. The van der Waals surface area contributed by atoms with Crippen LogP contribution in [0.2, 0.25) is 0 Å². The number of aromatic hydroxyl groups is 1. The van der Waals surface area contributed by atoms with Crippen LogP contribution in [0.4, 0.5) is 0 Å². The van der Waals surface area contributed by atoms with Crippen molar-refractivity contribution in [1.82, 2.24) is 9.97 Å². The monoisotopic (exact) mass is 396 g/mol. The highest BCUT2D eigenvalue weighted by Crippen LogP contribution is 2.38. The summed E-state index contributed by atoms with van der Waals surface area (Å²) in [5, 5.41) is 19.8. The summed E-state index contributed by atoms with van der Waals surface area (Å²) in [7, 11) is 2.76. The maximum absolute atomic E-state index is 12.3. The fourth-order valence-electron chi connectivity index (χ4n) is 3.15. The van der Waals surface area contributed by atoms with Crippen LogP contribution < -0.4 is 9.47 Å². The van der Waals surface area contributed by atoms with Gasteiger partial charge in [0.15, 0.2) is 5.60 Å². The zero-order valence-corrected chi connectivity index (χ0v) is 15.9. The molecule has 0 aliphatic heterocycles. The van der Waals surface area contributed by atoms with E-state index in [2.05, 4.69) is 9.97 Å². The summed E-state index contributed by atoms with van der Waals surface area (Å²) >= 11 is 0. The number of benzene rings is 2. The Morgan fingerprint density at radius 1 is 0.966 bits per heavy atom. The summed E-state index contributed by atoms with van der Waals surface area (Å²) < 4.78 is 16.5. The number of carboxylic acids is 1. The first-order valence-electron chi connectivity index (χ1n) is 8.69. The van der Waals surface area contributed by atoms with Crippen LogP contribution in [0.1, 0.15) is 11.1 Å². The Balaban J connectivity index is 2.18. The van der Waals surface area contributed by atoms with Gasteiger partial charge in [-0.05, 0) is 11.1 Å². The Morgan fingerprint density at radius 2 is 1.52 bits per heavy atom. The average molecular weight is 396 g/mol. The summed E-state index contributed by atoms with van der Waals surface area (Å²) in [5.74, 6) is -1.69. The summed E-state index contributed by atoms with van der Waals surface area (Å²) in [4.78, 5) is 20.1. The topological polar surface area (TPSA) is 111 Å². The fourth-order valence-corrected chi connectivity index (χ4v) is 3.15. The van der Waals surface area contributed by atoms with Crippen LogP contribution in [-0.2, 0) is 15.1 Å². The minimum Gasteiger partial charge on any atom is -0.493 e. The molecule has 0 aliphatic rings. The second kappa shape index (κ2) is 8.57. The molecule has 1 heterocycles. The van der Waals surface area contributed by atoms with Gasteiger partial charge in [0.25, 0.3) is 0 Å².